The Morgan fingerprint density at radius 3 is 2.96 bits per heavy atom. The number of hydrogen-bond acceptors (Lipinski definition) is 6. The summed E-state index contributed by atoms with van der Waals surface area (Å²) in [4.78, 5) is 20.1. The van der Waals surface area contributed by atoms with Crippen LogP contribution in [0.5, 0.6) is 5.75 Å². The van der Waals surface area contributed by atoms with Crippen molar-refractivity contribution in [1.82, 2.24) is 14.5 Å². The van der Waals surface area contributed by atoms with Crippen LogP contribution in [0.2, 0.25) is 0 Å². The van der Waals surface area contributed by atoms with Gasteiger partial charge in [0.25, 0.3) is 0 Å². The molecule has 0 bridgehead atoms. The van der Waals surface area contributed by atoms with Crippen LogP contribution in [0.1, 0.15) is 28.4 Å². The molecule has 26 heavy (non-hydrogen) atoms. The number of aromatic nitrogens is 3. The van der Waals surface area contributed by atoms with Crippen LogP contribution in [-0.2, 0) is 17.7 Å². The summed E-state index contributed by atoms with van der Waals surface area (Å²) in [5, 5.41) is 9.41. The van der Waals surface area contributed by atoms with Gasteiger partial charge < -0.3 is 23.6 Å². The van der Waals surface area contributed by atoms with Crippen LogP contribution >= 0.6 is 0 Å². The fourth-order valence-electron chi connectivity index (χ4n) is 2.95. The molecule has 136 valence electrons. The molecule has 1 aliphatic rings. The maximum Gasteiger partial charge on any atom is 0.335 e. The first-order chi connectivity index (χ1) is 12.6. The third-order valence-electron chi connectivity index (χ3n) is 4.41. The Bertz CT molecular complexity index is 942. The first kappa shape index (κ1) is 16.6. The van der Waals surface area contributed by atoms with Gasteiger partial charge in [-0.05, 0) is 18.6 Å². The normalized spacial score (nSPS) is 16.6. The molecule has 0 saturated carbocycles. The van der Waals surface area contributed by atoms with Gasteiger partial charge in [-0.25, -0.2) is 14.8 Å². The third kappa shape index (κ3) is 3.28. The SMILES string of the molecule is Cc1nc(CCOc2cc(C(=O)O)cc3c2ncn3CC2CCO2)co1. The second kappa shape index (κ2) is 6.80. The van der Waals surface area contributed by atoms with Gasteiger partial charge in [0.2, 0.25) is 0 Å². The number of nitrogens with zero attached hydrogens (tertiary/aromatic N) is 3. The Kier molecular flexibility index (Phi) is 4.34. The Morgan fingerprint density at radius 2 is 2.31 bits per heavy atom. The first-order valence-electron chi connectivity index (χ1n) is 8.48. The Balaban J connectivity index is 1.58. The molecule has 4 rings (SSSR count). The molecular formula is C18H19N3O5. The van der Waals surface area contributed by atoms with E-state index in [1.807, 2.05) is 4.57 Å². The smallest absolute Gasteiger partial charge is 0.335 e. The molecule has 1 fully saturated rings. The van der Waals surface area contributed by atoms with Gasteiger partial charge in [-0.1, -0.05) is 0 Å². The molecule has 3 heterocycles. The summed E-state index contributed by atoms with van der Waals surface area (Å²) in [6.45, 7) is 3.55. The monoisotopic (exact) mass is 357 g/mol. The number of benzene rings is 1. The third-order valence-corrected chi connectivity index (χ3v) is 4.41. The van der Waals surface area contributed by atoms with Gasteiger partial charge in [0.05, 0.1) is 42.4 Å². The number of carboxylic acid groups (broad SMARTS) is 1. The Hall–Kier alpha value is -2.87. The van der Waals surface area contributed by atoms with Crippen molar-refractivity contribution in [2.75, 3.05) is 13.2 Å². The number of rotatable bonds is 7. The van der Waals surface area contributed by atoms with Crippen molar-refractivity contribution in [2.45, 2.75) is 32.4 Å². The van der Waals surface area contributed by atoms with Crippen molar-refractivity contribution < 1.29 is 23.8 Å². The lowest BCUT2D eigenvalue weighted by atomic mass is 10.1. The van der Waals surface area contributed by atoms with Gasteiger partial charge in [-0.15, -0.1) is 0 Å². The minimum Gasteiger partial charge on any atom is -0.491 e. The molecule has 0 radical (unpaired) electrons. The minimum absolute atomic E-state index is 0.153. The summed E-state index contributed by atoms with van der Waals surface area (Å²) in [6, 6.07) is 3.13. The molecule has 1 saturated heterocycles. The van der Waals surface area contributed by atoms with Gasteiger partial charge in [0, 0.05) is 20.0 Å². The van der Waals surface area contributed by atoms with Gasteiger partial charge in [0.1, 0.15) is 17.5 Å². The highest BCUT2D eigenvalue weighted by molar-refractivity contribution is 5.95. The summed E-state index contributed by atoms with van der Waals surface area (Å²) in [5.41, 5.74) is 2.33. The van der Waals surface area contributed by atoms with Crippen molar-refractivity contribution in [3.8, 4) is 5.75 Å². The highest BCUT2D eigenvalue weighted by atomic mass is 16.5. The van der Waals surface area contributed by atoms with Crippen LogP contribution < -0.4 is 4.74 Å². The molecule has 8 nitrogen and oxygen atoms in total. The van der Waals surface area contributed by atoms with Crippen LogP contribution in [0.3, 0.4) is 0 Å². The van der Waals surface area contributed by atoms with Crippen molar-refractivity contribution in [2.24, 2.45) is 0 Å². The zero-order chi connectivity index (χ0) is 18.1. The second-order valence-corrected chi connectivity index (χ2v) is 6.28. The van der Waals surface area contributed by atoms with E-state index in [9.17, 15) is 9.90 Å². The molecule has 1 atom stereocenters. The molecule has 1 aromatic carbocycles. The van der Waals surface area contributed by atoms with E-state index in [-0.39, 0.29) is 11.7 Å². The van der Waals surface area contributed by atoms with Crippen LogP contribution in [-0.4, -0.2) is 44.9 Å². The van der Waals surface area contributed by atoms with Crippen LogP contribution in [0.15, 0.2) is 29.1 Å². The summed E-state index contributed by atoms with van der Waals surface area (Å²) in [6.07, 6.45) is 5.01. The van der Waals surface area contributed by atoms with Gasteiger partial charge in [0.15, 0.2) is 5.89 Å². The topological polar surface area (TPSA) is 99.6 Å². The number of ether oxygens (including phenoxy) is 2. The number of imidazole rings is 1. The number of fused-ring (bicyclic) bond motifs is 1. The van der Waals surface area contributed by atoms with E-state index in [0.717, 1.165) is 24.2 Å². The lowest BCUT2D eigenvalue weighted by Crippen LogP contribution is -2.30. The fourth-order valence-corrected chi connectivity index (χ4v) is 2.95. The standard InChI is InChI=1S/C18H19N3O5/c1-11-20-13(9-26-11)2-4-25-16-7-12(18(22)23)6-15-17(16)19-10-21(15)8-14-3-5-24-14/h6-7,9-10,14H,2-5,8H2,1H3,(H,22,23). The van der Waals surface area contributed by atoms with Crippen molar-refractivity contribution >= 4 is 17.0 Å². The first-order valence-corrected chi connectivity index (χ1v) is 8.48. The molecule has 2 aromatic heterocycles. The summed E-state index contributed by atoms with van der Waals surface area (Å²) >= 11 is 0. The van der Waals surface area contributed by atoms with Crippen molar-refractivity contribution in [3.05, 3.63) is 41.9 Å². The van der Waals surface area contributed by atoms with E-state index >= 15 is 0 Å². The van der Waals surface area contributed by atoms with E-state index in [1.165, 1.54) is 6.07 Å². The quantitative estimate of drug-likeness (QED) is 0.693. The van der Waals surface area contributed by atoms with Gasteiger partial charge in [-0.2, -0.15) is 0 Å². The maximum absolute atomic E-state index is 11.5. The van der Waals surface area contributed by atoms with E-state index in [1.54, 1.807) is 25.6 Å². The van der Waals surface area contributed by atoms with Gasteiger partial charge >= 0.3 is 5.97 Å². The lowest BCUT2D eigenvalue weighted by molar-refractivity contribution is -0.0586. The summed E-state index contributed by atoms with van der Waals surface area (Å²) in [5.74, 6) is 0.0529. The van der Waals surface area contributed by atoms with Gasteiger partial charge in [-0.3, -0.25) is 0 Å². The van der Waals surface area contributed by atoms with E-state index in [0.29, 0.717) is 36.7 Å². The van der Waals surface area contributed by atoms with Crippen molar-refractivity contribution in [3.63, 3.8) is 0 Å². The number of aryl methyl sites for hydroxylation is 1. The largest absolute Gasteiger partial charge is 0.491 e. The van der Waals surface area contributed by atoms with Crippen molar-refractivity contribution in [1.29, 1.82) is 0 Å². The average molecular weight is 357 g/mol. The summed E-state index contributed by atoms with van der Waals surface area (Å²) in [7, 11) is 0. The number of aromatic carboxylic acids is 1. The molecule has 1 aliphatic heterocycles. The molecular weight excluding hydrogens is 338 g/mol. The minimum atomic E-state index is -1.00. The second-order valence-electron chi connectivity index (χ2n) is 6.28. The summed E-state index contributed by atoms with van der Waals surface area (Å²) < 4.78 is 18.4. The van der Waals surface area contributed by atoms with Crippen LogP contribution in [0, 0.1) is 6.92 Å². The average Bonchev–Trinajstić information content (AvgIpc) is 3.17. The number of oxazole rings is 1. The zero-order valence-corrected chi connectivity index (χ0v) is 14.3. The molecule has 1 N–H and O–H groups in total. The molecule has 0 amide bonds. The molecule has 3 aromatic rings. The predicted octanol–water partition coefficient (Wildman–Crippen LogP) is 2.44. The van der Waals surface area contributed by atoms with Crippen LogP contribution in [0.4, 0.5) is 0 Å². The van der Waals surface area contributed by atoms with E-state index < -0.39 is 5.97 Å². The highest BCUT2D eigenvalue weighted by Crippen LogP contribution is 2.28. The fraction of sp³-hybridized carbons (Fsp3) is 0.389. The Morgan fingerprint density at radius 1 is 1.46 bits per heavy atom. The van der Waals surface area contributed by atoms with Crippen LogP contribution in [0.25, 0.3) is 11.0 Å². The molecule has 0 spiro atoms. The highest BCUT2D eigenvalue weighted by Gasteiger charge is 2.21. The molecule has 1 unspecified atom stereocenters. The van der Waals surface area contributed by atoms with E-state index in [4.69, 9.17) is 13.9 Å². The number of hydrogen-bond donors (Lipinski definition) is 1. The predicted molar refractivity (Wildman–Crippen MR) is 91.5 cm³/mol. The Labute approximate surface area is 149 Å². The number of carbonyl (C=O) groups is 1. The van der Waals surface area contributed by atoms with E-state index in [2.05, 4.69) is 9.97 Å². The zero-order valence-electron chi connectivity index (χ0n) is 14.3. The molecule has 8 heteroatoms. The lowest BCUT2D eigenvalue weighted by Gasteiger charge is -2.26. The number of carboxylic acids is 1. The molecule has 0 aliphatic carbocycles. The maximum atomic E-state index is 11.5.